The van der Waals surface area contributed by atoms with Crippen LogP contribution < -0.4 is 15.2 Å². The number of nitrogens with two attached hydrogens (primary N) is 1. The van der Waals surface area contributed by atoms with Gasteiger partial charge in [-0.1, -0.05) is 6.92 Å². The summed E-state index contributed by atoms with van der Waals surface area (Å²) in [4.78, 5) is 0. The summed E-state index contributed by atoms with van der Waals surface area (Å²) in [6.07, 6.45) is 0.860. The monoisotopic (exact) mass is 223 g/mol. The van der Waals surface area contributed by atoms with E-state index in [9.17, 15) is 5.11 Å². The standard InChI is InChI=1S/C12H17NO3/c1-8(2-3-13)10-6-9(14)7-11-12(10)16-5-4-15-11/h6-8,14H,2-5,13H2,1H3. The van der Waals surface area contributed by atoms with Crippen molar-refractivity contribution in [1.82, 2.24) is 0 Å². The van der Waals surface area contributed by atoms with Crippen LogP contribution in [0.15, 0.2) is 12.1 Å². The molecule has 1 aliphatic heterocycles. The fraction of sp³-hybridized carbons (Fsp3) is 0.500. The van der Waals surface area contributed by atoms with Gasteiger partial charge in [0.15, 0.2) is 11.5 Å². The van der Waals surface area contributed by atoms with Crippen molar-refractivity contribution < 1.29 is 14.6 Å². The Balaban J connectivity index is 2.38. The highest BCUT2D eigenvalue weighted by Crippen LogP contribution is 2.41. The predicted octanol–water partition coefficient (Wildman–Crippen LogP) is 1.62. The number of ether oxygens (including phenoxy) is 2. The lowest BCUT2D eigenvalue weighted by Gasteiger charge is -2.23. The molecule has 0 radical (unpaired) electrons. The van der Waals surface area contributed by atoms with Gasteiger partial charge in [0.1, 0.15) is 19.0 Å². The second kappa shape index (κ2) is 4.61. The fourth-order valence-corrected chi connectivity index (χ4v) is 1.94. The summed E-state index contributed by atoms with van der Waals surface area (Å²) in [5.74, 6) is 1.85. The van der Waals surface area contributed by atoms with Crippen LogP contribution in [0.5, 0.6) is 17.2 Å². The number of phenolic OH excluding ortho intramolecular Hbond substituents is 1. The number of rotatable bonds is 3. The molecule has 1 atom stereocenters. The number of benzene rings is 1. The van der Waals surface area contributed by atoms with Gasteiger partial charge < -0.3 is 20.3 Å². The Morgan fingerprint density at radius 2 is 2.12 bits per heavy atom. The molecule has 0 aromatic heterocycles. The highest BCUT2D eigenvalue weighted by atomic mass is 16.6. The summed E-state index contributed by atoms with van der Waals surface area (Å²) in [5, 5.41) is 9.62. The highest BCUT2D eigenvalue weighted by molar-refractivity contribution is 5.53. The zero-order chi connectivity index (χ0) is 11.5. The van der Waals surface area contributed by atoms with Gasteiger partial charge in [0.25, 0.3) is 0 Å². The first kappa shape index (κ1) is 11.1. The quantitative estimate of drug-likeness (QED) is 0.817. The van der Waals surface area contributed by atoms with Crippen LogP contribution in [0, 0.1) is 0 Å². The Morgan fingerprint density at radius 3 is 2.88 bits per heavy atom. The number of aromatic hydroxyl groups is 1. The third-order valence-electron chi connectivity index (χ3n) is 2.79. The molecule has 4 nitrogen and oxygen atoms in total. The maximum Gasteiger partial charge on any atom is 0.165 e. The minimum absolute atomic E-state index is 0.211. The van der Waals surface area contributed by atoms with Gasteiger partial charge in [-0.2, -0.15) is 0 Å². The Morgan fingerprint density at radius 1 is 1.38 bits per heavy atom. The van der Waals surface area contributed by atoms with E-state index in [1.165, 1.54) is 0 Å². The topological polar surface area (TPSA) is 64.7 Å². The lowest BCUT2D eigenvalue weighted by atomic mass is 9.96. The summed E-state index contributed by atoms with van der Waals surface area (Å²) in [7, 11) is 0. The highest BCUT2D eigenvalue weighted by Gasteiger charge is 2.20. The Bertz CT molecular complexity index is 379. The molecule has 0 fully saturated rings. The van der Waals surface area contributed by atoms with Gasteiger partial charge >= 0.3 is 0 Å². The van der Waals surface area contributed by atoms with Crippen LogP contribution in [-0.4, -0.2) is 24.9 Å². The van der Waals surface area contributed by atoms with E-state index in [2.05, 4.69) is 6.92 Å². The zero-order valence-electron chi connectivity index (χ0n) is 9.40. The third kappa shape index (κ3) is 2.07. The van der Waals surface area contributed by atoms with E-state index in [1.807, 2.05) is 0 Å². The van der Waals surface area contributed by atoms with E-state index < -0.39 is 0 Å². The van der Waals surface area contributed by atoms with Gasteiger partial charge in [0.05, 0.1) is 0 Å². The number of phenols is 1. The van der Waals surface area contributed by atoms with Crippen molar-refractivity contribution >= 4 is 0 Å². The van der Waals surface area contributed by atoms with Crippen LogP contribution in [0.1, 0.15) is 24.8 Å². The molecule has 16 heavy (non-hydrogen) atoms. The lowest BCUT2D eigenvalue weighted by molar-refractivity contribution is 0.168. The Kier molecular flexibility index (Phi) is 3.19. The first-order valence-electron chi connectivity index (χ1n) is 5.55. The molecule has 1 aromatic rings. The normalized spacial score (nSPS) is 15.9. The van der Waals surface area contributed by atoms with Crippen LogP contribution in [0.25, 0.3) is 0 Å². The Hall–Kier alpha value is -1.42. The second-order valence-corrected chi connectivity index (χ2v) is 4.04. The molecule has 0 bridgehead atoms. The molecule has 0 aliphatic carbocycles. The molecule has 0 saturated heterocycles. The van der Waals surface area contributed by atoms with E-state index in [-0.39, 0.29) is 11.7 Å². The molecule has 2 rings (SSSR count). The molecule has 88 valence electrons. The van der Waals surface area contributed by atoms with Gasteiger partial charge in [0, 0.05) is 11.6 Å². The number of hydrogen-bond donors (Lipinski definition) is 2. The predicted molar refractivity (Wildman–Crippen MR) is 61.2 cm³/mol. The van der Waals surface area contributed by atoms with Crippen molar-refractivity contribution in [3.05, 3.63) is 17.7 Å². The van der Waals surface area contributed by atoms with Crippen molar-refractivity contribution in [3.63, 3.8) is 0 Å². The summed E-state index contributed by atoms with van der Waals surface area (Å²) in [6, 6.07) is 3.32. The van der Waals surface area contributed by atoms with Gasteiger partial charge in [-0.15, -0.1) is 0 Å². The summed E-state index contributed by atoms with van der Waals surface area (Å²) in [5.41, 5.74) is 6.52. The first-order chi connectivity index (χ1) is 7.72. The van der Waals surface area contributed by atoms with Crippen LogP contribution in [0.3, 0.4) is 0 Å². The molecule has 0 saturated carbocycles. The van der Waals surface area contributed by atoms with Crippen molar-refractivity contribution in [2.75, 3.05) is 19.8 Å². The molecule has 1 unspecified atom stereocenters. The van der Waals surface area contributed by atoms with Crippen LogP contribution in [0.4, 0.5) is 0 Å². The van der Waals surface area contributed by atoms with Crippen LogP contribution in [-0.2, 0) is 0 Å². The van der Waals surface area contributed by atoms with E-state index in [0.29, 0.717) is 25.5 Å². The maximum atomic E-state index is 9.62. The van der Waals surface area contributed by atoms with E-state index in [4.69, 9.17) is 15.2 Å². The van der Waals surface area contributed by atoms with E-state index in [0.717, 1.165) is 17.7 Å². The SMILES string of the molecule is CC(CCN)c1cc(O)cc2c1OCCO2. The van der Waals surface area contributed by atoms with Gasteiger partial charge in [-0.25, -0.2) is 0 Å². The average Bonchev–Trinajstić information content (AvgIpc) is 2.28. The minimum Gasteiger partial charge on any atom is -0.508 e. The lowest BCUT2D eigenvalue weighted by Crippen LogP contribution is -2.17. The zero-order valence-corrected chi connectivity index (χ0v) is 9.40. The molecule has 3 N–H and O–H groups in total. The Labute approximate surface area is 95.0 Å². The van der Waals surface area contributed by atoms with Gasteiger partial charge in [0.2, 0.25) is 0 Å². The molecule has 0 spiro atoms. The molecular formula is C12H17NO3. The number of hydrogen-bond acceptors (Lipinski definition) is 4. The van der Waals surface area contributed by atoms with Crippen molar-refractivity contribution in [2.45, 2.75) is 19.3 Å². The molecule has 1 aliphatic rings. The number of fused-ring (bicyclic) bond motifs is 1. The maximum absolute atomic E-state index is 9.62. The second-order valence-electron chi connectivity index (χ2n) is 4.04. The average molecular weight is 223 g/mol. The summed E-state index contributed by atoms with van der Waals surface area (Å²) >= 11 is 0. The third-order valence-corrected chi connectivity index (χ3v) is 2.79. The van der Waals surface area contributed by atoms with E-state index in [1.54, 1.807) is 12.1 Å². The smallest absolute Gasteiger partial charge is 0.165 e. The van der Waals surface area contributed by atoms with Crippen LogP contribution >= 0.6 is 0 Å². The molecule has 1 aromatic carbocycles. The molecule has 0 amide bonds. The molecule has 1 heterocycles. The van der Waals surface area contributed by atoms with Crippen LogP contribution in [0.2, 0.25) is 0 Å². The summed E-state index contributed by atoms with van der Waals surface area (Å²) in [6.45, 7) is 3.77. The largest absolute Gasteiger partial charge is 0.508 e. The van der Waals surface area contributed by atoms with E-state index >= 15 is 0 Å². The summed E-state index contributed by atoms with van der Waals surface area (Å²) < 4.78 is 11.1. The minimum atomic E-state index is 0.211. The van der Waals surface area contributed by atoms with Crippen molar-refractivity contribution in [3.8, 4) is 17.2 Å². The van der Waals surface area contributed by atoms with Gasteiger partial charge in [-0.3, -0.25) is 0 Å². The fourth-order valence-electron chi connectivity index (χ4n) is 1.94. The molecular weight excluding hydrogens is 206 g/mol. The van der Waals surface area contributed by atoms with Gasteiger partial charge in [-0.05, 0) is 24.9 Å². The van der Waals surface area contributed by atoms with Crippen molar-refractivity contribution in [2.24, 2.45) is 5.73 Å². The van der Waals surface area contributed by atoms with Crippen molar-refractivity contribution in [1.29, 1.82) is 0 Å². The molecule has 4 heteroatoms. The first-order valence-corrected chi connectivity index (χ1v) is 5.55.